The maximum absolute atomic E-state index is 11.6. The largest absolute Gasteiger partial charge is 0.465 e. The normalized spacial score (nSPS) is 32.3. The second-order valence-electron chi connectivity index (χ2n) is 14.8. The zero-order valence-corrected chi connectivity index (χ0v) is 27.3. The molecule has 39 heavy (non-hydrogen) atoms. The van der Waals surface area contributed by atoms with E-state index in [1.54, 1.807) is 13.8 Å². The number of halogens is 1. The quantitative estimate of drug-likeness (QED) is 0.222. The van der Waals surface area contributed by atoms with E-state index < -0.39 is 0 Å². The van der Waals surface area contributed by atoms with E-state index in [1.165, 1.54) is 77.0 Å². The molecule has 4 fully saturated rings. The number of hydrogen-bond donors (Lipinski definition) is 1. The molecule has 0 bridgehead atoms. The average molecular weight is 569 g/mol. The monoisotopic (exact) mass is 568 g/mol. The summed E-state index contributed by atoms with van der Waals surface area (Å²) < 4.78 is 5.46. The number of aliphatic hydroxyl groups is 1. The summed E-state index contributed by atoms with van der Waals surface area (Å²) in [5, 5.41) is 9.01. The number of carbonyl (C=O) groups is 2. The van der Waals surface area contributed by atoms with Crippen molar-refractivity contribution in [2.24, 2.45) is 58.2 Å². The maximum Gasteiger partial charge on any atom is 0.308 e. The molecule has 4 aliphatic rings. The van der Waals surface area contributed by atoms with Gasteiger partial charge in [-0.15, -0.1) is 0 Å². The molecule has 0 heterocycles. The lowest BCUT2D eigenvalue weighted by Gasteiger charge is -2.29. The first-order chi connectivity index (χ1) is 18.3. The molecular formula is C34H61ClO4. The molecule has 4 saturated carbocycles. The Bertz CT molecular complexity index is 750. The van der Waals surface area contributed by atoms with Crippen LogP contribution < -0.4 is 0 Å². The minimum absolute atomic E-state index is 0.00318. The number of carbonyl (C=O) groups excluding carboxylic acids is 2. The highest BCUT2D eigenvalue weighted by Gasteiger charge is 2.55. The molecule has 0 unspecified atom stereocenters. The molecule has 5 heteroatoms. The molecule has 0 amide bonds. The summed E-state index contributed by atoms with van der Waals surface area (Å²) in [5.74, 6) is 5.06. The van der Waals surface area contributed by atoms with Gasteiger partial charge < -0.3 is 9.84 Å². The first kappa shape index (κ1) is 34.6. The van der Waals surface area contributed by atoms with Gasteiger partial charge in [-0.05, 0) is 65.4 Å². The van der Waals surface area contributed by atoms with Gasteiger partial charge >= 0.3 is 5.97 Å². The first-order valence-corrected chi connectivity index (χ1v) is 16.6. The second-order valence-corrected chi connectivity index (χ2v) is 15.2. The van der Waals surface area contributed by atoms with E-state index in [4.69, 9.17) is 16.3 Å². The Morgan fingerprint density at radius 1 is 0.744 bits per heavy atom. The molecule has 0 radical (unpaired) electrons. The predicted octanol–water partition coefficient (Wildman–Crippen LogP) is 9.06. The van der Waals surface area contributed by atoms with Crippen molar-refractivity contribution in [3.63, 3.8) is 0 Å². The standard InChI is InChI=1S/C17H30O2.C13H24O.C4H7ClO/c1-12(2)16(18)19-11-17(4)10-15(17)13(3)14-8-6-5-7-9-14;1-10(11-6-4-3-5-7-11)12-8-13(12,2)9-14;1-3(2)4(5)6/h12-15H,5-11H2,1-4H3;10-12,14H,3-9H2,1-2H3;3H,1-2H3/t13-,15-,17-;10-,12-,13-;/m00./s1. The molecule has 0 aromatic carbocycles. The summed E-state index contributed by atoms with van der Waals surface area (Å²) >= 11 is 4.97. The van der Waals surface area contributed by atoms with Crippen LogP contribution in [0.15, 0.2) is 0 Å². The Balaban J connectivity index is 0.000000234. The van der Waals surface area contributed by atoms with E-state index in [1.807, 2.05) is 13.8 Å². The van der Waals surface area contributed by atoms with Crippen molar-refractivity contribution in [2.75, 3.05) is 13.2 Å². The lowest BCUT2D eigenvalue weighted by Crippen LogP contribution is -2.23. The predicted molar refractivity (Wildman–Crippen MR) is 162 cm³/mol. The van der Waals surface area contributed by atoms with E-state index in [9.17, 15) is 14.7 Å². The Labute approximate surface area is 245 Å². The van der Waals surface area contributed by atoms with Crippen LogP contribution in [0.2, 0.25) is 0 Å². The van der Waals surface area contributed by atoms with Crippen molar-refractivity contribution in [1.82, 2.24) is 0 Å². The number of rotatable bonds is 9. The van der Waals surface area contributed by atoms with Gasteiger partial charge in [0.2, 0.25) is 5.24 Å². The Hall–Kier alpha value is -0.610. The van der Waals surface area contributed by atoms with Gasteiger partial charge in [0, 0.05) is 17.9 Å². The highest BCUT2D eigenvalue weighted by molar-refractivity contribution is 6.63. The van der Waals surface area contributed by atoms with Crippen LogP contribution in [0, 0.1) is 58.2 Å². The van der Waals surface area contributed by atoms with E-state index in [-0.39, 0.29) is 33.9 Å². The van der Waals surface area contributed by atoms with Crippen LogP contribution in [0.4, 0.5) is 0 Å². The molecule has 4 rings (SSSR count). The fourth-order valence-corrected chi connectivity index (χ4v) is 7.26. The van der Waals surface area contributed by atoms with Crippen molar-refractivity contribution >= 4 is 22.8 Å². The van der Waals surface area contributed by atoms with Crippen molar-refractivity contribution < 1.29 is 19.4 Å². The van der Waals surface area contributed by atoms with Gasteiger partial charge in [0.1, 0.15) is 0 Å². The molecule has 1 N–H and O–H groups in total. The molecule has 0 spiro atoms. The first-order valence-electron chi connectivity index (χ1n) is 16.2. The molecule has 4 aliphatic carbocycles. The number of esters is 1. The Morgan fingerprint density at radius 2 is 1.13 bits per heavy atom. The number of aliphatic hydroxyl groups excluding tert-OH is 1. The summed E-state index contributed by atoms with van der Waals surface area (Å²) in [6.07, 6.45) is 16.8. The average Bonchev–Trinajstić information content (AvgIpc) is 3.82. The third-order valence-electron chi connectivity index (χ3n) is 10.7. The van der Waals surface area contributed by atoms with Gasteiger partial charge in [0.25, 0.3) is 0 Å². The summed E-state index contributed by atoms with van der Waals surface area (Å²) in [6, 6.07) is 0. The third-order valence-corrected chi connectivity index (χ3v) is 11.2. The van der Waals surface area contributed by atoms with Gasteiger partial charge in [-0.2, -0.15) is 0 Å². The van der Waals surface area contributed by atoms with Crippen molar-refractivity contribution in [1.29, 1.82) is 0 Å². The Morgan fingerprint density at radius 3 is 1.46 bits per heavy atom. The maximum atomic E-state index is 11.6. The smallest absolute Gasteiger partial charge is 0.308 e. The third kappa shape index (κ3) is 10.6. The zero-order chi connectivity index (χ0) is 29.4. The Kier molecular flexibility index (Phi) is 13.8. The SMILES string of the molecule is CC(C)C(=O)Cl.CC(C)C(=O)OC[C@]1(C)C[C@H]1[C@@H](C)C1CCCCC1.C[C@@H](C1CCCCC1)[C@@H]1C[C@@]1(C)CO. The van der Waals surface area contributed by atoms with Crippen LogP contribution >= 0.6 is 11.6 Å². The fraction of sp³-hybridized carbons (Fsp3) is 0.941. The van der Waals surface area contributed by atoms with Gasteiger partial charge in [-0.3, -0.25) is 9.59 Å². The molecule has 0 aliphatic heterocycles. The van der Waals surface area contributed by atoms with Gasteiger partial charge in [0.15, 0.2) is 0 Å². The lowest BCUT2D eigenvalue weighted by atomic mass is 9.77. The second kappa shape index (κ2) is 15.6. The molecule has 6 atom stereocenters. The number of hydrogen-bond acceptors (Lipinski definition) is 4. The summed E-state index contributed by atoms with van der Waals surface area (Å²) in [6.45, 7) is 17.7. The van der Waals surface area contributed by atoms with Gasteiger partial charge in [-0.25, -0.2) is 0 Å². The van der Waals surface area contributed by atoms with Crippen LogP contribution in [0.1, 0.15) is 132 Å². The van der Waals surface area contributed by atoms with E-state index in [2.05, 4.69) is 27.7 Å². The molecular weight excluding hydrogens is 508 g/mol. The van der Waals surface area contributed by atoms with E-state index in [0.717, 1.165) is 35.5 Å². The van der Waals surface area contributed by atoms with E-state index in [0.29, 0.717) is 13.2 Å². The van der Waals surface area contributed by atoms with Crippen LogP contribution in [0.5, 0.6) is 0 Å². The lowest BCUT2D eigenvalue weighted by molar-refractivity contribution is -0.149. The molecule has 228 valence electrons. The van der Waals surface area contributed by atoms with Crippen LogP contribution in [-0.2, 0) is 14.3 Å². The zero-order valence-electron chi connectivity index (χ0n) is 26.6. The van der Waals surface area contributed by atoms with Crippen molar-refractivity contribution in [3.8, 4) is 0 Å². The van der Waals surface area contributed by atoms with Gasteiger partial charge in [-0.1, -0.05) is 120 Å². The van der Waals surface area contributed by atoms with Crippen LogP contribution in [0.25, 0.3) is 0 Å². The highest BCUT2D eigenvalue weighted by atomic mass is 35.5. The molecule has 4 nitrogen and oxygen atoms in total. The van der Waals surface area contributed by atoms with Crippen LogP contribution in [-0.4, -0.2) is 29.5 Å². The fourth-order valence-electron chi connectivity index (χ4n) is 7.26. The molecule has 0 aromatic rings. The summed E-state index contributed by atoms with van der Waals surface area (Å²) in [7, 11) is 0. The van der Waals surface area contributed by atoms with Crippen molar-refractivity contribution in [2.45, 2.75) is 132 Å². The van der Waals surface area contributed by atoms with Crippen molar-refractivity contribution in [3.05, 3.63) is 0 Å². The topological polar surface area (TPSA) is 63.6 Å². The highest BCUT2D eigenvalue weighted by Crippen LogP contribution is 2.59. The van der Waals surface area contributed by atoms with Gasteiger partial charge in [0.05, 0.1) is 12.5 Å². The van der Waals surface area contributed by atoms with Crippen LogP contribution in [0.3, 0.4) is 0 Å². The number of ether oxygens (including phenoxy) is 1. The minimum atomic E-state index is -0.269. The summed E-state index contributed by atoms with van der Waals surface area (Å²) in [5.41, 5.74) is 0.554. The van der Waals surface area contributed by atoms with E-state index >= 15 is 0 Å². The molecule has 0 saturated heterocycles. The molecule has 0 aromatic heterocycles. The minimum Gasteiger partial charge on any atom is -0.465 e. The summed E-state index contributed by atoms with van der Waals surface area (Å²) in [4.78, 5) is 21.5.